The highest BCUT2D eigenvalue weighted by Crippen LogP contribution is 2.28. The Bertz CT molecular complexity index is 602. The van der Waals surface area contributed by atoms with Crippen LogP contribution in [0.3, 0.4) is 0 Å². The molecule has 1 aliphatic rings. The van der Waals surface area contributed by atoms with Gasteiger partial charge in [-0.1, -0.05) is 11.6 Å². The molecule has 4 heteroatoms. The average molecular weight is 265 g/mol. The van der Waals surface area contributed by atoms with E-state index < -0.39 is 0 Å². The monoisotopic (exact) mass is 264 g/mol. The zero-order valence-corrected chi connectivity index (χ0v) is 10.7. The van der Waals surface area contributed by atoms with Crippen molar-refractivity contribution in [3.05, 3.63) is 35.0 Å². The van der Waals surface area contributed by atoms with Crippen LogP contribution in [0.15, 0.2) is 28.7 Å². The van der Waals surface area contributed by atoms with Crippen molar-refractivity contribution in [1.29, 1.82) is 0 Å². The van der Waals surface area contributed by atoms with Crippen LogP contribution < -0.4 is 0 Å². The summed E-state index contributed by atoms with van der Waals surface area (Å²) in [5, 5.41) is 1.50. The lowest BCUT2D eigenvalue weighted by Crippen LogP contribution is -2.13. The molecule has 2 unspecified atom stereocenters. The summed E-state index contributed by atoms with van der Waals surface area (Å²) in [6.07, 6.45) is 0.911. The van der Waals surface area contributed by atoms with Crippen molar-refractivity contribution in [3.63, 3.8) is 0 Å². The van der Waals surface area contributed by atoms with Gasteiger partial charge in [0.05, 0.1) is 18.6 Å². The number of rotatable bonds is 2. The molecular formula is C14H13ClO3. The number of Topliss-reactive ketones (excluding diaryl/α,β-unsaturated/α-hetero) is 1. The molecular weight excluding hydrogens is 252 g/mol. The predicted octanol–water partition coefficient (Wildman–Crippen LogP) is 3.69. The van der Waals surface area contributed by atoms with Crippen LogP contribution in [0.1, 0.15) is 23.9 Å². The molecule has 0 radical (unpaired) electrons. The van der Waals surface area contributed by atoms with E-state index in [4.69, 9.17) is 20.8 Å². The van der Waals surface area contributed by atoms with Crippen LogP contribution in [0, 0.1) is 5.92 Å². The van der Waals surface area contributed by atoms with Crippen molar-refractivity contribution in [2.24, 2.45) is 5.92 Å². The molecule has 0 N–H and O–H groups in total. The van der Waals surface area contributed by atoms with Crippen molar-refractivity contribution in [2.45, 2.75) is 19.4 Å². The number of benzene rings is 1. The van der Waals surface area contributed by atoms with Gasteiger partial charge in [0.15, 0.2) is 5.76 Å². The van der Waals surface area contributed by atoms with Crippen LogP contribution in [0.2, 0.25) is 5.02 Å². The fraction of sp³-hybridized carbons (Fsp3) is 0.357. The number of fused-ring (bicyclic) bond motifs is 1. The molecule has 3 rings (SSSR count). The maximum absolute atomic E-state index is 12.2. The summed E-state index contributed by atoms with van der Waals surface area (Å²) in [5.41, 5.74) is 0.690. The third-order valence-corrected chi connectivity index (χ3v) is 3.53. The maximum atomic E-state index is 12.2. The molecule has 0 saturated carbocycles. The highest BCUT2D eigenvalue weighted by molar-refractivity contribution is 6.31. The smallest absolute Gasteiger partial charge is 0.203 e. The maximum Gasteiger partial charge on any atom is 0.203 e. The van der Waals surface area contributed by atoms with Gasteiger partial charge < -0.3 is 9.15 Å². The Morgan fingerprint density at radius 2 is 2.22 bits per heavy atom. The molecule has 1 aliphatic heterocycles. The highest BCUT2D eigenvalue weighted by Gasteiger charge is 2.30. The standard InChI is InChI=1S/C14H13ClO3/c1-8-4-10(7-17-8)14(16)13-6-9-5-11(15)2-3-12(9)18-13/h2-3,5-6,8,10H,4,7H2,1H3. The number of hydrogen-bond donors (Lipinski definition) is 0. The van der Waals surface area contributed by atoms with Crippen LogP contribution in [0.25, 0.3) is 11.0 Å². The largest absolute Gasteiger partial charge is 0.453 e. The first-order chi connectivity index (χ1) is 8.63. The first-order valence-electron chi connectivity index (χ1n) is 5.98. The van der Waals surface area contributed by atoms with E-state index in [1.807, 2.05) is 6.92 Å². The lowest BCUT2D eigenvalue weighted by Gasteiger charge is -2.02. The van der Waals surface area contributed by atoms with Gasteiger partial charge in [-0.3, -0.25) is 4.79 Å². The van der Waals surface area contributed by atoms with Gasteiger partial charge in [-0.2, -0.15) is 0 Å². The summed E-state index contributed by atoms with van der Waals surface area (Å²) < 4.78 is 11.0. The number of hydrogen-bond acceptors (Lipinski definition) is 3. The van der Waals surface area contributed by atoms with E-state index in [1.54, 1.807) is 24.3 Å². The fourth-order valence-electron chi connectivity index (χ4n) is 2.34. The second-order valence-corrected chi connectivity index (χ2v) is 5.17. The van der Waals surface area contributed by atoms with Crippen molar-refractivity contribution in [2.75, 3.05) is 6.61 Å². The average Bonchev–Trinajstić information content (AvgIpc) is 2.93. The van der Waals surface area contributed by atoms with E-state index in [2.05, 4.69) is 0 Å². The number of ether oxygens (including phenoxy) is 1. The molecule has 0 aliphatic carbocycles. The Labute approximate surface area is 110 Å². The zero-order chi connectivity index (χ0) is 12.7. The molecule has 18 heavy (non-hydrogen) atoms. The van der Waals surface area contributed by atoms with Crippen molar-refractivity contribution in [1.82, 2.24) is 0 Å². The topological polar surface area (TPSA) is 39.4 Å². The van der Waals surface area contributed by atoms with Crippen LogP contribution in [0.5, 0.6) is 0 Å². The predicted molar refractivity (Wildman–Crippen MR) is 69.1 cm³/mol. The van der Waals surface area contributed by atoms with E-state index in [1.165, 1.54) is 0 Å². The molecule has 3 nitrogen and oxygen atoms in total. The van der Waals surface area contributed by atoms with Crippen LogP contribution in [0.4, 0.5) is 0 Å². The third-order valence-electron chi connectivity index (χ3n) is 3.29. The Morgan fingerprint density at radius 3 is 2.94 bits per heavy atom. The van der Waals surface area contributed by atoms with Crippen LogP contribution in [-0.4, -0.2) is 18.5 Å². The minimum absolute atomic E-state index is 0.0201. The van der Waals surface area contributed by atoms with Gasteiger partial charge in [-0.15, -0.1) is 0 Å². The number of ketones is 1. The summed E-state index contributed by atoms with van der Waals surface area (Å²) in [6.45, 7) is 2.46. The van der Waals surface area contributed by atoms with E-state index in [0.717, 1.165) is 11.8 Å². The molecule has 1 aromatic carbocycles. The Hall–Kier alpha value is -1.32. The number of halogens is 1. The van der Waals surface area contributed by atoms with Gasteiger partial charge in [0.1, 0.15) is 5.58 Å². The highest BCUT2D eigenvalue weighted by atomic mass is 35.5. The van der Waals surface area contributed by atoms with E-state index in [0.29, 0.717) is 23.0 Å². The molecule has 0 amide bonds. The van der Waals surface area contributed by atoms with Gasteiger partial charge in [0.25, 0.3) is 0 Å². The van der Waals surface area contributed by atoms with Crippen molar-refractivity contribution >= 4 is 28.4 Å². The fourth-order valence-corrected chi connectivity index (χ4v) is 2.52. The van der Waals surface area contributed by atoms with E-state index in [-0.39, 0.29) is 17.8 Å². The Morgan fingerprint density at radius 1 is 1.39 bits per heavy atom. The number of furan rings is 1. The molecule has 1 saturated heterocycles. The van der Waals surface area contributed by atoms with Gasteiger partial charge in [-0.25, -0.2) is 0 Å². The Kier molecular flexibility index (Phi) is 2.88. The summed E-state index contributed by atoms with van der Waals surface area (Å²) in [7, 11) is 0. The molecule has 2 atom stereocenters. The normalized spacial score (nSPS) is 23.7. The molecule has 0 bridgehead atoms. The minimum Gasteiger partial charge on any atom is -0.453 e. The molecule has 1 aromatic heterocycles. The SMILES string of the molecule is CC1CC(C(=O)c2cc3cc(Cl)ccc3o2)CO1. The molecule has 94 valence electrons. The zero-order valence-electron chi connectivity index (χ0n) is 9.98. The summed E-state index contributed by atoms with van der Waals surface area (Å²) in [6, 6.07) is 7.09. The van der Waals surface area contributed by atoms with Gasteiger partial charge >= 0.3 is 0 Å². The molecule has 1 fully saturated rings. The van der Waals surface area contributed by atoms with Gasteiger partial charge in [0.2, 0.25) is 5.78 Å². The summed E-state index contributed by atoms with van der Waals surface area (Å²) >= 11 is 5.91. The number of carbonyl (C=O) groups excluding carboxylic acids is 1. The summed E-state index contributed by atoms with van der Waals surface area (Å²) in [5.74, 6) is 0.331. The lowest BCUT2D eigenvalue weighted by molar-refractivity contribution is 0.0853. The second kappa shape index (κ2) is 4.41. The van der Waals surface area contributed by atoms with Gasteiger partial charge in [-0.05, 0) is 37.6 Å². The first-order valence-corrected chi connectivity index (χ1v) is 6.36. The molecule has 0 spiro atoms. The van der Waals surface area contributed by atoms with Gasteiger partial charge in [0, 0.05) is 10.4 Å². The number of carbonyl (C=O) groups is 1. The molecule has 2 aromatic rings. The van der Waals surface area contributed by atoms with Crippen molar-refractivity contribution < 1.29 is 13.9 Å². The first kappa shape index (κ1) is 11.8. The Balaban J connectivity index is 1.92. The van der Waals surface area contributed by atoms with E-state index >= 15 is 0 Å². The summed E-state index contributed by atoms with van der Waals surface area (Å²) in [4.78, 5) is 12.2. The minimum atomic E-state index is -0.0870. The quantitative estimate of drug-likeness (QED) is 0.777. The third kappa shape index (κ3) is 2.04. The van der Waals surface area contributed by atoms with E-state index in [9.17, 15) is 4.79 Å². The van der Waals surface area contributed by atoms with Crippen LogP contribution in [-0.2, 0) is 4.74 Å². The second-order valence-electron chi connectivity index (χ2n) is 4.73. The molecule has 2 heterocycles. The van der Waals surface area contributed by atoms with Crippen molar-refractivity contribution in [3.8, 4) is 0 Å². The van der Waals surface area contributed by atoms with Crippen LogP contribution >= 0.6 is 11.6 Å². The lowest BCUT2D eigenvalue weighted by atomic mass is 9.99.